The Morgan fingerprint density at radius 3 is 2.72 bits per heavy atom. The fourth-order valence-corrected chi connectivity index (χ4v) is 3.18. The van der Waals surface area contributed by atoms with Crippen molar-refractivity contribution in [1.82, 2.24) is 5.32 Å². The first-order valence-corrected chi connectivity index (χ1v) is 8.58. The number of fused-ring (bicyclic) bond motifs is 1. The summed E-state index contributed by atoms with van der Waals surface area (Å²) in [6, 6.07) is 9.08. The van der Waals surface area contributed by atoms with Gasteiger partial charge in [0, 0.05) is 12.3 Å². The summed E-state index contributed by atoms with van der Waals surface area (Å²) < 4.78 is 22.0. The molecule has 0 aliphatic heterocycles. The molecule has 1 unspecified atom stereocenters. The van der Waals surface area contributed by atoms with Gasteiger partial charge in [0.1, 0.15) is 9.84 Å². The summed E-state index contributed by atoms with van der Waals surface area (Å²) in [6.45, 7) is 0.792. The van der Waals surface area contributed by atoms with Gasteiger partial charge in [0.25, 0.3) is 0 Å². The third kappa shape index (κ3) is 4.10. The van der Waals surface area contributed by atoms with Gasteiger partial charge in [-0.3, -0.25) is 0 Å². The highest BCUT2D eigenvalue weighted by Crippen LogP contribution is 2.20. The van der Waals surface area contributed by atoms with Gasteiger partial charge < -0.3 is 5.32 Å². The molecule has 0 aromatic heterocycles. The minimum absolute atomic E-state index is 0.281. The third-order valence-electron chi connectivity index (χ3n) is 3.47. The first-order chi connectivity index (χ1) is 8.54. The van der Waals surface area contributed by atoms with Crippen molar-refractivity contribution in [1.29, 1.82) is 0 Å². The van der Waals surface area contributed by atoms with Crippen LogP contribution in [0.1, 0.15) is 24.0 Å². The van der Waals surface area contributed by atoms with Crippen molar-refractivity contribution in [2.75, 3.05) is 18.6 Å². The number of rotatable bonds is 5. The second kappa shape index (κ2) is 5.85. The molecule has 100 valence electrons. The van der Waals surface area contributed by atoms with E-state index in [0.717, 1.165) is 25.8 Å². The van der Waals surface area contributed by atoms with Gasteiger partial charge in [0.15, 0.2) is 0 Å². The lowest BCUT2D eigenvalue weighted by Gasteiger charge is -2.25. The van der Waals surface area contributed by atoms with Crippen LogP contribution in [0.15, 0.2) is 24.3 Å². The molecule has 0 radical (unpaired) electrons. The quantitative estimate of drug-likeness (QED) is 0.824. The average molecular weight is 267 g/mol. The van der Waals surface area contributed by atoms with Crippen molar-refractivity contribution in [3.05, 3.63) is 35.4 Å². The van der Waals surface area contributed by atoms with Crippen molar-refractivity contribution in [2.45, 2.75) is 31.7 Å². The van der Waals surface area contributed by atoms with Gasteiger partial charge >= 0.3 is 0 Å². The van der Waals surface area contributed by atoms with E-state index in [1.807, 2.05) is 0 Å². The summed E-state index contributed by atoms with van der Waals surface area (Å²) in [6.07, 6.45) is 5.34. The summed E-state index contributed by atoms with van der Waals surface area (Å²) in [5.41, 5.74) is 2.90. The zero-order chi connectivity index (χ0) is 13.0. The van der Waals surface area contributed by atoms with Crippen LogP contribution in [0.5, 0.6) is 0 Å². The molecule has 3 nitrogen and oxygen atoms in total. The maximum Gasteiger partial charge on any atom is 0.147 e. The molecule has 1 N–H and O–H groups in total. The van der Waals surface area contributed by atoms with Crippen molar-refractivity contribution in [3.63, 3.8) is 0 Å². The van der Waals surface area contributed by atoms with Gasteiger partial charge in [0.2, 0.25) is 0 Å². The summed E-state index contributed by atoms with van der Waals surface area (Å²) in [4.78, 5) is 0. The van der Waals surface area contributed by atoms with E-state index in [1.54, 1.807) is 0 Å². The highest BCUT2D eigenvalue weighted by Gasteiger charge is 2.17. The molecular formula is C14H21NO2S. The largest absolute Gasteiger partial charge is 0.314 e. The summed E-state index contributed by atoms with van der Waals surface area (Å²) in [7, 11) is -2.82. The molecule has 18 heavy (non-hydrogen) atoms. The van der Waals surface area contributed by atoms with Crippen LogP contribution in [-0.2, 0) is 22.7 Å². The van der Waals surface area contributed by atoms with E-state index in [9.17, 15) is 8.42 Å². The van der Waals surface area contributed by atoms with E-state index in [0.29, 0.717) is 12.5 Å². The number of sulfone groups is 1. The molecule has 0 saturated carbocycles. The number of benzene rings is 1. The second-order valence-corrected chi connectivity index (χ2v) is 7.41. The lowest BCUT2D eigenvalue weighted by molar-refractivity contribution is 0.458. The lowest BCUT2D eigenvalue weighted by atomic mass is 9.88. The van der Waals surface area contributed by atoms with Crippen LogP contribution in [0.25, 0.3) is 0 Å². The monoisotopic (exact) mass is 267 g/mol. The predicted octanol–water partition coefficient (Wildman–Crippen LogP) is 1.57. The maximum absolute atomic E-state index is 11.0. The Bertz CT molecular complexity index is 496. The molecule has 1 atom stereocenters. The molecular weight excluding hydrogens is 246 g/mol. The van der Waals surface area contributed by atoms with E-state index >= 15 is 0 Å². The van der Waals surface area contributed by atoms with Crippen LogP contribution in [0.4, 0.5) is 0 Å². The number of nitrogens with one attached hydrogen (secondary N) is 1. The molecule has 2 rings (SSSR count). The molecule has 1 aliphatic rings. The van der Waals surface area contributed by atoms with Gasteiger partial charge in [-0.2, -0.15) is 0 Å². The molecule has 0 spiro atoms. The highest BCUT2D eigenvalue weighted by atomic mass is 32.2. The van der Waals surface area contributed by atoms with E-state index < -0.39 is 9.84 Å². The number of hydrogen-bond donors (Lipinski definition) is 1. The molecule has 0 bridgehead atoms. The molecule has 1 aromatic carbocycles. The van der Waals surface area contributed by atoms with Crippen LogP contribution < -0.4 is 5.32 Å². The molecule has 1 aliphatic carbocycles. The van der Waals surface area contributed by atoms with Gasteiger partial charge in [-0.15, -0.1) is 0 Å². The zero-order valence-corrected chi connectivity index (χ0v) is 11.7. The van der Waals surface area contributed by atoms with E-state index in [-0.39, 0.29) is 5.75 Å². The van der Waals surface area contributed by atoms with E-state index in [4.69, 9.17) is 0 Å². The first kappa shape index (κ1) is 13.6. The summed E-state index contributed by atoms with van der Waals surface area (Å²) in [5.74, 6) is 0.281. The van der Waals surface area contributed by atoms with Crippen molar-refractivity contribution in [3.8, 4) is 0 Å². The van der Waals surface area contributed by atoms with Crippen LogP contribution in [0, 0.1) is 0 Å². The Morgan fingerprint density at radius 2 is 2.00 bits per heavy atom. The van der Waals surface area contributed by atoms with E-state index in [2.05, 4.69) is 29.6 Å². The van der Waals surface area contributed by atoms with Crippen LogP contribution in [0.3, 0.4) is 0 Å². The summed E-state index contributed by atoms with van der Waals surface area (Å²) in [5, 5.41) is 3.47. The maximum atomic E-state index is 11.0. The van der Waals surface area contributed by atoms with Crippen molar-refractivity contribution in [2.24, 2.45) is 0 Å². The minimum atomic E-state index is -2.82. The van der Waals surface area contributed by atoms with Gasteiger partial charge in [-0.1, -0.05) is 24.3 Å². The molecule has 1 aromatic rings. The van der Waals surface area contributed by atoms with Crippen molar-refractivity contribution < 1.29 is 8.42 Å². The lowest BCUT2D eigenvalue weighted by Crippen LogP contribution is -2.35. The first-order valence-electron chi connectivity index (χ1n) is 6.52. The fraction of sp³-hybridized carbons (Fsp3) is 0.571. The molecule has 4 heteroatoms. The normalized spacial score (nSPS) is 19.5. The molecule has 0 amide bonds. The van der Waals surface area contributed by atoms with E-state index in [1.165, 1.54) is 17.4 Å². The minimum Gasteiger partial charge on any atom is -0.314 e. The van der Waals surface area contributed by atoms with Gasteiger partial charge in [0.05, 0.1) is 5.75 Å². The number of hydrogen-bond acceptors (Lipinski definition) is 3. The average Bonchev–Trinajstić information content (AvgIpc) is 2.33. The third-order valence-corrected chi connectivity index (χ3v) is 4.50. The SMILES string of the molecule is CS(=O)(=O)CCCNC1CCc2ccccc2C1. The highest BCUT2D eigenvalue weighted by molar-refractivity contribution is 7.90. The Labute approximate surface area is 110 Å². The molecule has 0 heterocycles. The Balaban J connectivity index is 1.77. The Kier molecular flexibility index (Phi) is 4.40. The van der Waals surface area contributed by atoms with Gasteiger partial charge in [-0.25, -0.2) is 8.42 Å². The van der Waals surface area contributed by atoms with Gasteiger partial charge in [-0.05, 0) is 43.4 Å². The fourth-order valence-electron chi connectivity index (χ4n) is 2.51. The topological polar surface area (TPSA) is 46.2 Å². The van der Waals surface area contributed by atoms with Crippen LogP contribution in [0.2, 0.25) is 0 Å². The smallest absolute Gasteiger partial charge is 0.147 e. The summed E-state index contributed by atoms with van der Waals surface area (Å²) >= 11 is 0. The standard InChI is InChI=1S/C14H21NO2S/c1-18(16,17)10-4-9-15-14-8-7-12-5-2-3-6-13(12)11-14/h2-3,5-6,14-15H,4,7-11H2,1H3. The zero-order valence-electron chi connectivity index (χ0n) is 10.9. The predicted molar refractivity (Wildman–Crippen MR) is 74.6 cm³/mol. The Morgan fingerprint density at radius 1 is 1.28 bits per heavy atom. The molecule has 0 saturated heterocycles. The van der Waals surface area contributed by atoms with Crippen LogP contribution in [-0.4, -0.2) is 33.0 Å². The molecule has 0 fully saturated rings. The van der Waals surface area contributed by atoms with Crippen molar-refractivity contribution >= 4 is 9.84 Å². The second-order valence-electron chi connectivity index (χ2n) is 5.15. The number of aryl methyl sites for hydroxylation is 1. The Hall–Kier alpha value is -0.870. The van der Waals surface area contributed by atoms with Crippen LogP contribution >= 0.6 is 0 Å².